The number of Topliss-reactive ketones (excluding diaryl/α,β-unsaturated/α-hetero) is 1. The van der Waals surface area contributed by atoms with Crippen molar-refractivity contribution in [3.05, 3.63) is 12.2 Å². The highest BCUT2D eigenvalue weighted by Crippen LogP contribution is 2.63. The van der Waals surface area contributed by atoms with Crippen molar-refractivity contribution in [1.82, 2.24) is 0 Å². The minimum Gasteiger partial charge on any atom is -0.300 e. The van der Waals surface area contributed by atoms with Crippen molar-refractivity contribution in [2.24, 2.45) is 34.5 Å². The number of allylic oxidation sites excluding steroid dienone is 2. The van der Waals surface area contributed by atoms with Gasteiger partial charge in [0.15, 0.2) is 5.78 Å². The first kappa shape index (κ1) is 13.7. The lowest BCUT2D eigenvalue weighted by Gasteiger charge is -2.59. The zero-order chi connectivity index (χ0) is 14.8. The lowest BCUT2D eigenvalue weighted by Crippen LogP contribution is -2.53. The van der Waals surface area contributed by atoms with Gasteiger partial charge in [-0.3, -0.25) is 9.59 Å². The van der Waals surface area contributed by atoms with E-state index in [-0.39, 0.29) is 5.41 Å². The topological polar surface area (TPSA) is 34.1 Å². The Morgan fingerprint density at radius 2 is 1.90 bits per heavy atom. The van der Waals surface area contributed by atoms with Gasteiger partial charge in [0.05, 0.1) is 0 Å². The smallest absolute Gasteiger partial charge is 0.161 e. The Bertz CT molecular complexity index is 534. The van der Waals surface area contributed by atoms with Crippen LogP contribution in [0, 0.1) is 34.5 Å². The fraction of sp³-hybridized carbons (Fsp3) is 0.789. The van der Waals surface area contributed by atoms with E-state index in [1.54, 1.807) is 0 Å². The third kappa shape index (κ3) is 1.71. The van der Waals surface area contributed by atoms with Crippen molar-refractivity contribution in [1.29, 1.82) is 0 Å². The average Bonchev–Trinajstić information content (AvgIpc) is 2.76. The molecule has 4 rings (SSSR count). The normalized spacial score (nSPS) is 52.3. The van der Waals surface area contributed by atoms with Gasteiger partial charge in [0.2, 0.25) is 0 Å². The highest BCUT2D eigenvalue weighted by atomic mass is 16.1. The Balaban J connectivity index is 1.67. The SMILES string of the molecule is CC12CCC3C(CCC4CC(=O)CCC43C)C1C=CC2=O. The van der Waals surface area contributed by atoms with Crippen LogP contribution in [0.5, 0.6) is 0 Å². The summed E-state index contributed by atoms with van der Waals surface area (Å²) in [6, 6.07) is 0. The van der Waals surface area contributed by atoms with Crippen LogP contribution in [0.15, 0.2) is 12.2 Å². The van der Waals surface area contributed by atoms with Gasteiger partial charge in [-0.05, 0) is 67.3 Å². The molecule has 0 aromatic carbocycles. The second-order valence-corrected chi connectivity index (χ2v) is 8.50. The van der Waals surface area contributed by atoms with Crippen LogP contribution in [-0.2, 0) is 9.59 Å². The number of hydrogen-bond acceptors (Lipinski definition) is 2. The van der Waals surface area contributed by atoms with Gasteiger partial charge in [0.25, 0.3) is 0 Å². The second kappa shape index (κ2) is 4.30. The van der Waals surface area contributed by atoms with E-state index in [1.807, 2.05) is 6.08 Å². The third-order valence-electron chi connectivity index (χ3n) is 7.75. The van der Waals surface area contributed by atoms with Crippen LogP contribution in [0.1, 0.15) is 58.8 Å². The van der Waals surface area contributed by atoms with Crippen molar-refractivity contribution in [3.63, 3.8) is 0 Å². The fourth-order valence-electron chi connectivity index (χ4n) is 6.32. The molecule has 6 unspecified atom stereocenters. The summed E-state index contributed by atoms with van der Waals surface area (Å²) in [5.74, 6) is 3.29. The van der Waals surface area contributed by atoms with Crippen molar-refractivity contribution in [2.45, 2.75) is 58.8 Å². The molecular formula is C19H26O2. The minimum atomic E-state index is -0.116. The molecule has 2 nitrogen and oxygen atoms in total. The lowest BCUT2D eigenvalue weighted by atomic mass is 9.45. The maximum atomic E-state index is 12.3. The van der Waals surface area contributed by atoms with Crippen LogP contribution in [0.2, 0.25) is 0 Å². The van der Waals surface area contributed by atoms with E-state index in [0.717, 1.165) is 31.6 Å². The van der Waals surface area contributed by atoms with Crippen molar-refractivity contribution in [3.8, 4) is 0 Å². The molecular weight excluding hydrogens is 260 g/mol. The number of carbonyl (C=O) groups is 2. The molecule has 0 amide bonds. The van der Waals surface area contributed by atoms with Gasteiger partial charge in [-0.25, -0.2) is 0 Å². The van der Waals surface area contributed by atoms with Crippen LogP contribution in [-0.4, -0.2) is 11.6 Å². The predicted octanol–water partition coefficient (Wildman–Crippen LogP) is 3.94. The Labute approximate surface area is 127 Å². The number of ketones is 2. The van der Waals surface area contributed by atoms with E-state index in [1.165, 1.54) is 19.3 Å². The Morgan fingerprint density at radius 3 is 2.71 bits per heavy atom. The van der Waals surface area contributed by atoms with Gasteiger partial charge >= 0.3 is 0 Å². The Kier molecular flexibility index (Phi) is 2.81. The predicted molar refractivity (Wildman–Crippen MR) is 81.6 cm³/mol. The molecule has 0 saturated heterocycles. The maximum absolute atomic E-state index is 12.3. The summed E-state index contributed by atoms with van der Waals surface area (Å²) < 4.78 is 0. The standard InChI is InChI=1S/C19H26O2/c1-18-9-7-13(20)11-12(18)3-4-14-15-5-6-17(21)19(15,2)10-8-16(14)18/h5-6,12,14-16H,3-4,7-11H2,1-2H3. The van der Waals surface area contributed by atoms with Crippen LogP contribution in [0.25, 0.3) is 0 Å². The highest BCUT2D eigenvalue weighted by Gasteiger charge is 2.58. The van der Waals surface area contributed by atoms with E-state index in [2.05, 4.69) is 19.9 Å². The van der Waals surface area contributed by atoms with Crippen LogP contribution in [0.3, 0.4) is 0 Å². The van der Waals surface area contributed by atoms with Gasteiger partial charge in [0.1, 0.15) is 5.78 Å². The molecule has 0 radical (unpaired) electrons. The maximum Gasteiger partial charge on any atom is 0.161 e. The molecule has 21 heavy (non-hydrogen) atoms. The van der Waals surface area contributed by atoms with Crippen LogP contribution >= 0.6 is 0 Å². The van der Waals surface area contributed by atoms with Crippen molar-refractivity contribution in [2.75, 3.05) is 0 Å². The zero-order valence-electron chi connectivity index (χ0n) is 13.2. The van der Waals surface area contributed by atoms with Gasteiger partial charge in [-0.1, -0.05) is 19.9 Å². The molecule has 3 fully saturated rings. The quantitative estimate of drug-likeness (QED) is 0.676. The van der Waals surface area contributed by atoms with E-state index in [4.69, 9.17) is 0 Å². The minimum absolute atomic E-state index is 0.116. The Hall–Kier alpha value is -0.920. The molecule has 0 aromatic heterocycles. The number of carbonyl (C=O) groups excluding carboxylic acids is 2. The summed E-state index contributed by atoms with van der Waals surface area (Å²) in [6.07, 6.45) is 11.4. The molecule has 3 saturated carbocycles. The molecule has 0 spiro atoms. The largest absolute Gasteiger partial charge is 0.300 e. The summed E-state index contributed by atoms with van der Waals surface area (Å²) in [5, 5.41) is 0. The van der Waals surface area contributed by atoms with E-state index >= 15 is 0 Å². The molecule has 0 aromatic rings. The molecule has 0 N–H and O–H groups in total. The summed E-state index contributed by atoms with van der Waals surface area (Å²) >= 11 is 0. The van der Waals surface area contributed by atoms with E-state index in [9.17, 15) is 9.59 Å². The van der Waals surface area contributed by atoms with E-state index < -0.39 is 0 Å². The summed E-state index contributed by atoms with van der Waals surface area (Å²) in [4.78, 5) is 24.1. The third-order valence-corrected chi connectivity index (χ3v) is 7.75. The summed E-state index contributed by atoms with van der Waals surface area (Å²) in [5.41, 5.74) is 0.229. The highest BCUT2D eigenvalue weighted by molar-refractivity contribution is 5.97. The molecule has 114 valence electrons. The first-order chi connectivity index (χ1) is 9.95. The summed E-state index contributed by atoms with van der Waals surface area (Å²) in [6.45, 7) is 4.64. The second-order valence-electron chi connectivity index (χ2n) is 8.50. The lowest BCUT2D eigenvalue weighted by molar-refractivity contribution is -0.142. The molecule has 4 aliphatic rings. The van der Waals surface area contributed by atoms with Crippen molar-refractivity contribution >= 4 is 11.6 Å². The monoisotopic (exact) mass is 286 g/mol. The first-order valence-electron chi connectivity index (χ1n) is 8.69. The van der Waals surface area contributed by atoms with Gasteiger partial charge in [-0.2, -0.15) is 0 Å². The molecule has 0 bridgehead atoms. The van der Waals surface area contributed by atoms with E-state index in [0.29, 0.717) is 34.7 Å². The number of hydrogen-bond donors (Lipinski definition) is 0. The molecule has 0 heterocycles. The molecule has 4 aliphatic carbocycles. The first-order valence-corrected chi connectivity index (χ1v) is 8.69. The summed E-state index contributed by atoms with van der Waals surface area (Å²) in [7, 11) is 0. The van der Waals surface area contributed by atoms with Crippen LogP contribution < -0.4 is 0 Å². The Morgan fingerprint density at radius 1 is 1.10 bits per heavy atom. The molecule has 6 atom stereocenters. The fourth-order valence-corrected chi connectivity index (χ4v) is 6.32. The number of fused-ring (bicyclic) bond motifs is 5. The molecule has 2 heteroatoms. The van der Waals surface area contributed by atoms with Crippen LogP contribution in [0.4, 0.5) is 0 Å². The van der Waals surface area contributed by atoms with Gasteiger partial charge < -0.3 is 0 Å². The molecule has 0 aliphatic heterocycles. The van der Waals surface area contributed by atoms with Gasteiger partial charge in [0, 0.05) is 18.3 Å². The average molecular weight is 286 g/mol. The van der Waals surface area contributed by atoms with Crippen molar-refractivity contribution < 1.29 is 9.59 Å². The van der Waals surface area contributed by atoms with Gasteiger partial charge in [-0.15, -0.1) is 0 Å². The number of rotatable bonds is 0. The zero-order valence-corrected chi connectivity index (χ0v) is 13.2.